The summed E-state index contributed by atoms with van der Waals surface area (Å²) in [7, 11) is 0. The molecule has 1 atom stereocenters. The highest BCUT2D eigenvalue weighted by atomic mass is 32.2. The molecule has 1 heterocycles. The number of hydrogen-bond donors (Lipinski definition) is 2. The van der Waals surface area contributed by atoms with Crippen molar-refractivity contribution in [1.82, 2.24) is 5.32 Å². The maximum atomic E-state index is 12.3. The second kappa shape index (κ2) is 8.85. The second-order valence-electron chi connectivity index (χ2n) is 6.12. The number of nitrogens with zero attached hydrogens (tertiary/aromatic N) is 1. The van der Waals surface area contributed by atoms with Crippen molar-refractivity contribution >= 4 is 46.2 Å². The lowest BCUT2D eigenvalue weighted by atomic mass is 10.2. The summed E-state index contributed by atoms with van der Waals surface area (Å²) in [5.74, 6) is -2.98. The van der Waals surface area contributed by atoms with Gasteiger partial charge in [0.2, 0.25) is 11.8 Å². The van der Waals surface area contributed by atoms with E-state index in [2.05, 4.69) is 15.6 Å². The summed E-state index contributed by atoms with van der Waals surface area (Å²) < 4.78 is 24.6. The third kappa shape index (κ3) is 5.44. The van der Waals surface area contributed by atoms with Crippen molar-refractivity contribution in [1.29, 1.82) is 0 Å². The number of thioether (sulfide) groups is 2. The first-order valence-corrected chi connectivity index (χ1v) is 10.2. The van der Waals surface area contributed by atoms with E-state index < -0.39 is 11.0 Å². The monoisotopic (exact) mass is 399 g/mol. The molecule has 5 nitrogen and oxygen atoms in total. The van der Waals surface area contributed by atoms with E-state index in [0.29, 0.717) is 27.5 Å². The molecule has 1 aromatic rings. The van der Waals surface area contributed by atoms with Crippen molar-refractivity contribution in [3.8, 4) is 0 Å². The Balaban J connectivity index is 1.50. The molecule has 2 amide bonds. The molecule has 2 aliphatic rings. The van der Waals surface area contributed by atoms with Crippen LogP contribution >= 0.6 is 23.5 Å². The number of hydrogen-bond acceptors (Lipinski definition) is 5. The highest BCUT2D eigenvalue weighted by Gasteiger charge is 2.32. The molecular weight excluding hydrogens is 380 g/mol. The number of amidine groups is 1. The van der Waals surface area contributed by atoms with Crippen LogP contribution in [-0.4, -0.2) is 34.0 Å². The van der Waals surface area contributed by atoms with Crippen LogP contribution in [0, 0.1) is 0 Å². The van der Waals surface area contributed by atoms with Crippen LogP contribution in [0.4, 0.5) is 14.5 Å². The smallest absolute Gasteiger partial charge is 0.288 e. The van der Waals surface area contributed by atoms with Gasteiger partial charge in [-0.05, 0) is 37.1 Å². The molecule has 0 bridgehead atoms. The molecule has 140 valence electrons. The molecule has 1 saturated heterocycles. The lowest BCUT2D eigenvalue weighted by Gasteiger charge is -2.08. The Morgan fingerprint density at radius 1 is 1.31 bits per heavy atom. The topological polar surface area (TPSA) is 70.6 Å². The molecule has 26 heavy (non-hydrogen) atoms. The molecular formula is C17H19F2N3O2S2. The normalized spacial score (nSPS) is 22.2. The zero-order valence-electron chi connectivity index (χ0n) is 13.9. The number of carbonyl (C=O) groups excluding carboxylic acids is 2. The third-order valence-electron chi connectivity index (χ3n) is 4.14. The molecule has 1 aliphatic carbocycles. The van der Waals surface area contributed by atoms with E-state index in [1.807, 2.05) is 0 Å². The van der Waals surface area contributed by atoms with Crippen LogP contribution in [-0.2, 0) is 9.59 Å². The standard InChI is InChI=1S/C17H19F2N3O2S2/c18-16(19)25-12-7-5-11(6-8-12)20-14(23)9-13-15(24)22-17(26-13)21-10-3-1-2-4-10/h5-8,10,13,16H,1-4,9H2,(H,20,23)(H,21,22,24)/t13-/m1/s1. The molecule has 1 aliphatic heterocycles. The second-order valence-corrected chi connectivity index (χ2v) is 8.38. The van der Waals surface area contributed by atoms with Gasteiger partial charge < -0.3 is 10.6 Å². The zero-order chi connectivity index (χ0) is 18.5. The average molecular weight is 399 g/mol. The van der Waals surface area contributed by atoms with Gasteiger partial charge in [-0.15, -0.1) is 0 Å². The molecule has 1 saturated carbocycles. The summed E-state index contributed by atoms with van der Waals surface area (Å²) in [5.41, 5.74) is 0.511. The first kappa shape index (κ1) is 19.2. The Labute approximate surface area is 158 Å². The number of alkyl halides is 2. The van der Waals surface area contributed by atoms with Crippen LogP contribution in [0.1, 0.15) is 32.1 Å². The third-order valence-corrected chi connectivity index (χ3v) is 5.95. The van der Waals surface area contributed by atoms with E-state index in [1.54, 1.807) is 12.1 Å². The fourth-order valence-corrected chi connectivity index (χ4v) is 4.44. The van der Waals surface area contributed by atoms with Gasteiger partial charge in [-0.25, -0.2) is 0 Å². The fraction of sp³-hybridized carbons (Fsp3) is 0.471. The van der Waals surface area contributed by atoms with Crippen molar-refractivity contribution in [3.63, 3.8) is 0 Å². The maximum absolute atomic E-state index is 12.3. The minimum atomic E-state index is -2.48. The molecule has 9 heteroatoms. The lowest BCUT2D eigenvalue weighted by molar-refractivity contribution is -0.122. The van der Waals surface area contributed by atoms with Gasteiger partial charge in [0.05, 0.1) is 6.04 Å². The molecule has 2 fully saturated rings. The van der Waals surface area contributed by atoms with Gasteiger partial charge in [0, 0.05) is 17.0 Å². The predicted molar refractivity (Wildman–Crippen MR) is 101 cm³/mol. The SMILES string of the molecule is O=C(C[C@H]1SC(=NC2CCCC2)NC1=O)Nc1ccc(SC(F)F)cc1. The molecule has 0 unspecified atom stereocenters. The van der Waals surface area contributed by atoms with Crippen LogP contribution in [0.3, 0.4) is 0 Å². The van der Waals surface area contributed by atoms with Crippen molar-refractivity contribution < 1.29 is 18.4 Å². The summed E-state index contributed by atoms with van der Waals surface area (Å²) in [6.45, 7) is 0. The van der Waals surface area contributed by atoms with Gasteiger partial charge in [0.25, 0.3) is 5.76 Å². The van der Waals surface area contributed by atoms with E-state index in [0.717, 1.165) is 12.8 Å². The number of anilines is 1. The Morgan fingerprint density at radius 3 is 2.65 bits per heavy atom. The highest BCUT2D eigenvalue weighted by molar-refractivity contribution is 8.15. The van der Waals surface area contributed by atoms with Gasteiger partial charge >= 0.3 is 0 Å². The van der Waals surface area contributed by atoms with Gasteiger partial charge in [0.1, 0.15) is 5.25 Å². The minimum Gasteiger partial charge on any atom is -0.326 e. The van der Waals surface area contributed by atoms with E-state index in [9.17, 15) is 18.4 Å². The van der Waals surface area contributed by atoms with Crippen molar-refractivity contribution in [2.75, 3.05) is 5.32 Å². The quantitative estimate of drug-likeness (QED) is 0.713. The van der Waals surface area contributed by atoms with E-state index in [4.69, 9.17) is 0 Å². The zero-order valence-corrected chi connectivity index (χ0v) is 15.5. The number of rotatable bonds is 6. The van der Waals surface area contributed by atoms with Gasteiger partial charge in [-0.2, -0.15) is 8.78 Å². The lowest BCUT2D eigenvalue weighted by Crippen LogP contribution is -2.28. The maximum Gasteiger partial charge on any atom is 0.288 e. The minimum absolute atomic E-state index is 0.0354. The summed E-state index contributed by atoms with van der Waals surface area (Å²) in [6.07, 6.45) is 4.46. The Morgan fingerprint density at radius 2 is 2.00 bits per heavy atom. The molecule has 0 spiro atoms. The van der Waals surface area contributed by atoms with Crippen LogP contribution in [0.15, 0.2) is 34.2 Å². The Hall–Kier alpha value is -1.61. The average Bonchev–Trinajstić information content (AvgIpc) is 3.19. The first-order chi connectivity index (χ1) is 12.5. The van der Waals surface area contributed by atoms with E-state index in [-0.39, 0.29) is 24.3 Å². The summed E-state index contributed by atoms with van der Waals surface area (Å²) in [6, 6.07) is 6.45. The summed E-state index contributed by atoms with van der Waals surface area (Å²) in [4.78, 5) is 29.2. The van der Waals surface area contributed by atoms with Crippen LogP contribution in [0.5, 0.6) is 0 Å². The number of halogens is 2. The van der Waals surface area contributed by atoms with Crippen LogP contribution in [0.2, 0.25) is 0 Å². The number of benzene rings is 1. The number of aliphatic imine (C=N–C) groups is 1. The van der Waals surface area contributed by atoms with Gasteiger partial charge in [-0.3, -0.25) is 14.6 Å². The molecule has 3 rings (SSSR count). The number of carbonyl (C=O) groups is 2. The molecule has 1 aromatic carbocycles. The number of nitrogens with one attached hydrogen (secondary N) is 2. The fourth-order valence-electron chi connectivity index (χ4n) is 2.90. The molecule has 0 aromatic heterocycles. The molecule has 2 N–H and O–H groups in total. The van der Waals surface area contributed by atoms with Crippen molar-refractivity contribution in [3.05, 3.63) is 24.3 Å². The largest absolute Gasteiger partial charge is 0.326 e. The van der Waals surface area contributed by atoms with E-state index >= 15 is 0 Å². The predicted octanol–water partition coefficient (Wildman–Crippen LogP) is 3.86. The van der Waals surface area contributed by atoms with Gasteiger partial charge in [0.15, 0.2) is 5.17 Å². The Bertz CT molecular complexity index is 692. The van der Waals surface area contributed by atoms with Crippen LogP contribution < -0.4 is 10.6 Å². The first-order valence-electron chi connectivity index (χ1n) is 8.39. The van der Waals surface area contributed by atoms with Crippen molar-refractivity contribution in [2.45, 2.75) is 54.0 Å². The highest BCUT2D eigenvalue weighted by Crippen LogP contribution is 2.28. The summed E-state index contributed by atoms with van der Waals surface area (Å²) in [5, 5.41) is 5.54. The Kier molecular flexibility index (Phi) is 6.53. The van der Waals surface area contributed by atoms with E-state index in [1.165, 1.54) is 36.7 Å². The number of amides is 2. The summed E-state index contributed by atoms with van der Waals surface area (Å²) >= 11 is 1.75. The van der Waals surface area contributed by atoms with Crippen LogP contribution in [0.25, 0.3) is 0 Å². The van der Waals surface area contributed by atoms with Gasteiger partial charge in [-0.1, -0.05) is 36.4 Å². The van der Waals surface area contributed by atoms with Crippen molar-refractivity contribution in [2.24, 2.45) is 4.99 Å². The molecule has 0 radical (unpaired) electrons.